The molecule has 1 aliphatic rings. The van der Waals surface area contributed by atoms with E-state index in [0.717, 1.165) is 25.3 Å². The normalized spacial score (nSPS) is 16.5. The molecular formula is C15H30N2O2. The lowest BCUT2D eigenvalue weighted by molar-refractivity contribution is -0.132. The molecule has 0 saturated heterocycles. The zero-order valence-corrected chi connectivity index (χ0v) is 12.4. The molecular weight excluding hydrogens is 240 g/mol. The van der Waals surface area contributed by atoms with Gasteiger partial charge >= 0.3 is 0 Å². The summed E-state index contributed by atoms with van der Waals surface area (Å²) in [6.07, 6.45) is 9.32. The van der Waals surface area contributed by atoms with Crippen LogP contribution >= 0.6 is 0 Å². The summed E-state index contributed by atoms with van der Waals surface area (Å²) in [5.74, 6) is 1.05. The van der Waals surface area contributed by atoms with Crippen molar-refractivity contribution in [1.82, 2.24) is 4.90 Å². The molecule has 0 atom stereocenters. The van der Waals surface area contributed by atoms with Crippen LogP contribution in [0.1, 0.15) is 51.4 Å². The first-order valence-electron chi connectivity index (χ1n) is 7.74. The van der Waals surface area contributed by atoms with Crippen molar-refractivity contribution in [2.24, 2.45) is 11.7 Å². The molecule has 4 nitrogen and oxygen atoms in total. The standard InChI is InChI=1S/C15H30N2O2/c1-19-13-12-17(11-5-10-16)15(18)9-8-14-6-3-2-4-7-14/h14H,2-13,16H2,1H3. The second-order valence-electron chi connectivity index (χ2n) is 5.56. The van der Waals surface area contributed by atoms with Gasteiger partial charge in [-0.1, -0.05) is 32.1 Å². The van der Waals surface area contributed by atoms with Gasteiger partial charge in [-0.3, -0.25) is 4.79 Å². The van der Waals surface area contributed by atoms with Crippen molar-refractivity contribution in [1.29, 1.82) is 0 Å². The van der Waals surface area contributed by atoms with Crippen molar-refractivity contribution in [2.45, 2.75) is 51.4 Å². The number of hydrogen-bond acceptors (Lipinski definition) is 3. The Morgan fingerprint density at radius 1 is 1.26 bits per heavy atom. The van der Waals surface area contributed by atoms with Crippen LogP contribution in [0.4, 0.5) is 0 Å². The Bertz CT molecular complexity index is 232. The summed E-state index contributed by atoms with van der Waals surface area (Å²) in [4.78, 5) is 14.1. The number of methoxy groups -OCH3 is 1. The minimum absolute atomic E-state index is 0.274. The molecule has 0 aromatic rings. The van der Waals surface area contributed by atoms with Gasteiger partial charge in [0.2, 0.25) is 5.91 Å². The number of rotatable bonds is 9. The predicted molar refractivity (Wildman–Crippen MR) is 77.9 cm³/mol. The lowest BCUT2D eigenvalue weighted by atomic mass is 9.86. The summed E-state index contributed by atoms with van der Waals surface area (Å²) in [5.41, 5.74) is 5.53. The van der Waals surface area contributed by atoms with Gasteiger partial charge in [-0.05, 0) is 25.3 Å². The zero-order chi connectivity index (χ0) is 13.9. The third-order valence-electron chi connectivity index (χ3n) is 4.04. The summed E-state index contributed by atoms with van der Waals surface area (Å²) in [6, 6.07) is 0. The number of amides is 1. The van der Waals surface area contributed by atoms with E-state index < -0.39 is 0 Å². The van der Waals surface area contributed by atoms with Crippen molar-refractivity contribution in [3.05, 3.63) is 0 Å². The van der Waals surface area contributed by atoms with Crippen LogP contribution in [0, 0.1) is 5.92 Å². The van der Waals surface area contributed by atoms with Crippen molar-refractivity contribution >= 4 is 5.91 Å². The molecule has 1 aliphatic carbocycles. The van der Waals surface area contributed by atoms with E-state index in [0.29, 0.717) is 26.1 Å². The fraction of sp³-hybridized carbons (Fsp3) is 0.933. The lowest BCUT2D eigenvalue weighted by Gasteiger charge is -2.25. The number of carbonyl (C=O) groups is 1. The Hall–Kier alpha value is -0.610. The maximum absolute atomic E-state index is 12.2. The molecule has 0 aromatic carbocycles. The predicted octanol–water partition coefficient (Wildman–Crippen LogP) is 2.17. The number of hydrogen-bond donors (Lipinski definition) is 1. The molecule has 1 rings (SSSR count). The van der Waals surface area contributed by atoms with Crippen molar-refractivity contribution in [3.63, 3.8) is 0 Å². The van der Waals surface area contributed by atoms with Crippen LogP contribution in [0.25, 0.3) is 0 Å². The first kappa shape index (κ1) is 16.4. The number of carbonyl (C=O) groups excluding carboxylic acids is 1. The minimum Gasteiger partial charge on any atom is -0.383 e. The topological polar surface area (TPSA) is 55.6 Å². The Balaban J connectivity index is 2.28. The molecule has 0 heterocycles. The SMILES string of the molecule is COCCN(CCCN)C(=O)CCC1CCCCC1. The lowest BCUT2D eigenvalue weighted by Crippen LogP contribution is -2.35. The van der Waals surface area contributed by atoms with Crippen molar-refractivity contribution < 1.29 is 9.53 Å². The largest absolute Gasteiger partial charge is 0.383 e. The molecule has 0 aliphatic heterocycles. The maximum Gasteiger partial charge on any atom is 0.222 e. The monoisotopic (exact) mass is 270 g/mol. The minimum atomic E-state index is 0.274. The number of ether oxygens (including phenoxy) is 1. The Morgan fingerprint density at radius 3 is 2.63 bits per heavy atom. The van der Waals surface area contributed by atoms with Gasteiger partial charge in [-0.2, -0.15) is 0 Å². The number of nitrogens with two attached hydrogens (primary N) is 1. The summed E-state index contributed by atoms with van der Waals surface area (Å²) in [7, 11) is 1.67. The van der Waals surface area contributed by atoms with Crippen molar-refractivity contribution in [2.75, 3.05) is 33.4 Å². The number of nitrogens with zero attached hydrogens (tertiary/aromatic N) is 1. The van der Waals surface area contributed by atoms with Crippen LogP contribution in [0.15, 0.2) is 0 Å². The molecule has 0 bridgehead atoms. The van der Waals surface area contributed by atoms with Crippen molar-refractivity contribution in [3.8, 4) is 0 Å². The molecule has 19 heavy (non-hydrogen) atoms. The van der Waals surface area contributed by atoms with Gasteiger partial charge in [0.05, 0.1) is 6.61 Å². The van der Waals surface area contributed by atoms with Gasteiger partial charge in [0.1, 0.15) is 0 Å². The van der Waals surface area contributed by atoms with E-state index in [2.05, 4.69) is 0 Å². The van der Waals surface area contributed by atoms with Crippen LogP contribution < -0.4 is 5.73 Å². The van der Waals surface area contributed by atoms with Crippen LogP contribution in [0.3, 0.4) is 0 Å². The van der Waals surface area contributed by atoms with Crippen LogP contribution in [-0.2, 0) is 9.53 Å². The Labute approximate surface area is 117 Å². The van der Waals surface area contributed by atoms with Crippen LogP contribution in [-0.4, -0.2) is 44.2 Å². The Kier molecular flexibility index (Phi) is 8.84. The second kappa shape index (κ2) is 10.2. The average molecular weight is 270 g/mol. The molecule has 1 amide bonds. The van der Waals surface area contributed by atoms with E-state index in [1.54, 1.807) is 7.11 Å². The molecule has 0 spiro atoms. The van der Waals surface area contributed by atoms with E-state index >= 15 is 0 Å². The summed E-state index contributed by atoms with van der Waals surface area (Å²) in [5, 5.41) is 0. The van der Waals surface area contributed by atoms with Gasteiger partial charge in [0.25, 0.3) is 0 Å². The third kappa shape index (κ3) is 6.92. The molecule has 0 unspecified atom stereocenters. The molecule has 1 fully saturated rings. The van der Waals surface area contributed by atoms with E-state index in [1.807, 2.05) is 4.90 Å². The highest BCUT2D eigenvalue weighted by molar-refractivity contribution is 5.76. The van der Waals surface area contributed by atoms with Crippen LogP contribution in [0.5, 0.6) is 0 Å². The second-order valence-corrected chi connectivity index (χ2v) is 5.56. The third-order valence-corrected chi connectivity index (χ3v) is 4.04. The van der Waals surface area contributed by atoms with Gasteiger partial charge < -0.3 is 15.4 Å². The quantitative estimate of drug-likeness (QED) is 0.698. The summed E-state index contributed by atoms with van der Waals surface area (Å²) >= 11 is 0. The molecule has 0 radical (unpaired) electrons. The fourth-order valence-corrected chi connectivity index (χ4v) is 2.81. The van der Waals surface area contributed by atoms with Crippen LogP contribution in [0.2, 0.25) is 0 Å². The van der Waals surface area contributed by atoms with E-state index in [1.165, 1.54) is 32.1 Å². The maximum atomic E-state index is 12.2. The van der Waals surface area contributed by atoms with Gasteiger partial charge in [-0.15, -0.1) is 0 Å². The highest BCUT2D eigenvalue weighted by Crippen LogP contribution is 2.27. The van der Waals surface area contributed by atoms with Gasteiger partial charge in [0, 0.05) is 26.6 Å². The molecule has 112 valence electrons. The Morgan fingerprint density at radius 2 is 2.00 bits per heavy atom. The molecule has 2 N–H and O–H groups in total. The highest BCUT2D eigenvalue weighted by Gasteiger charge is 2.17. The first-order chi connectivity index (χ1) is 9.27. The fourth-order valence-electron chi connectivity index (χ4n) is 2.81. The van der Waals surface area contributed by atoms with Gasteiger partial charge in [0.15, 0.2) is 0 Å². The van der Waals surface area contributed by atoms with E-state index in [4.69, 9.17) is 10.5 Å². The summed E-state index contributed by atoms with van der Waals surface area (Å²) in [6.45, 7) is 2.71. The zero-order valence-electron chi connectivity index (χ0n) is 12.4. The van der Waals surface area contributed by atoms with E-state index in [9.17, 15) is 4.79 Å². The highest BCUT2D eigenvalue weighted by atomic mass is 16.5. The smallest absolute Gasteiger partial charge is 0.222 e. The molecule has 4 heteroatoms. The van der Waals surface area contributed by atoms with Gasteiger partial charge in [-0.25, -0.2) is 0 Å². The molecule has 0 aromatic heterocycles. The molecule has 1 saturated carbocycles. The average Bonchev–Trinajstić information content (AvgIpc) is 2.46. The van der Waals surface area contributed by atoms with E-state index in [-0.39, 0.29) is 5.91 Å². The summed E-state index contributed by atoms with van der Waals surface area (Å²) < 4.78 is 5.07. The first-order valence-corrected chi connectivity index (χ1v) is 7.74.